The lowest BCUT2D eigenvalue weighted by Crippen LogP contribution is -2.60. The Morgan fingerprint density at radius 2 is 0.983 bits per heavy atom. The predicted molar refractivity (Wildman–Crippen MR) is 229 cm³/mol. The van der Waals surface area contributed by atoms with Gasteiger partial charge in [-0.2, -0.15) is 8.42 Å². The van der Waals surface area contributed by atoms with Crippen LogP contribution in [0.2, 0.25) is 0 Å². The number of aliphatic hydroxyl groups excluding tert-OH is 3. The Bertz CT molecular complexity index is 1130. The van der Waals surface area contributed by atoms with Gasteiger partial charge in [0, 0.05) is 12.8 Å². The van der Waals surface area contributed by atoms with Crippen LogP contribution in [0, 0.1) is 0 Å². The van der Waals surface area contributed by atoms with E-state index in [1.54, 1.807) is 0 Å². The number of rotatable bonds is 39. The van der Waals surface area contributed by atoms with E-state index in [-0.39, 0.29) is 19.4 Å². The SMILES string of the molecule is CCCCCCCC/C=C\CCCCCCCC(=O)OC(COC(=O)CCCCCCCCCCCCCCCCC)COC1OC(CS(=O)(=O)O)C(O)C(O)C1O. The van der Waals surface area contributed by atoms with Gasteiger partial charge in [0.05, 0.1) is 6.61 Å². The Hall–Kier alpha value is -1.61. The zero-order valence-corrected chi connectivity index (χ0v) is 37.2. The molecule has 1 rings (SSSR count). The van der Waals surface area contributed by atoms with Crippen molar-refractivity contribution in [1.82, 2.24) is 0 Å². The number of carbonyl (C=O) groups is 2. The number of esters is 2. The van der Waals surface area contributed by atoms with Crippen LogP contribution in [0.4, 0.5) is 0 Å². The maximum atomic E-state index is 12.8. The molecule has 1 fully saturated rings. The van der Waals surface area contributed by atoms with Gasteiger partial charge >= 0.3 is 11.9 Å². The fourth-order valence-electron chi connectivity index (χ4n) is 7.20. The molecule has 6 atom stereocenters. The average Bonchev–Trinajstić information content (AvgIpc) is 3.18. The third-order valence-corrected chi connectivity index (χ3v) is 11.6. The van der Waals surface area contributed by atoms with E-state index in [0.717, 1.165) is 57.8 Å². The van der Waals surface area contributed by atoms with Crippen LogP contribution in [0.25, 0.3) is 0 Å². The fraction of sp³-hybridized carbons (Fsp3) is 0.911. The second-order valence-corrected chi connectivity index (χ2v) is 17.9. The number of allylic oxidation sites excluding steroid dienone is 2. The summed E-state index contributed by atoms with van der Waals surface area (Å²) in [4.78, 5) is 25.4. The minimum Gasteiger partial charge on any atom is -0.462 e. The molecule has 12 nitrogen and oxygen atoms in total. The highest BCUT2D eigenvalue weighted by Gasteiger charge is 2.46. The zero-order valence-electron chi connectivity index (χ0n) is 36.4. The number of hydrogen-bond donors (Lipinski definition) is 4. The average molecular weight is 849 g/mol. The maximum absolute atomic E-state index is 12.8. The smallest absolute Gasteiger partial charge is 0.306 e. The van der Waals surface area contributed by atoms with Crippen LogP contribution in [0.15, 0.2) is 12.2 Å². The molecule has 0 saturated carbocycles. The van der Waals surface area contributed by atoms with Crippen molar-refractivity contribution in [2.75, 3.05) is 19.0 Å². The van der Waals surface area contributed by atoms with Crippen molar-refractivity contribution in [1.29, 1.82) is 0 Å². The maximum Gasteiger partial charge on any atom is 0.306 e. The van der Waals surface area contributed by atoms with E-state index in [4.69, 9.17) is 18.9 Å². The van der Waals surface area contributed by atoms with Gasteiger partial charge in [-0.3, -0.25) is 14.1 Å². The molecule has 0 spiro atoms. The number of ether oxygens (including phenoxy) is 4. The third-order valence-electron chi connectivity index (χ3n) is 10.8. The monoisotopic (exact) mass is 849 g/mol. The molecule has 0 aromatic heterocycles. The highest BCUT2D eigenvalue weighted by Crippen LogP contribution is 2.24. The van der Waals surface area contributed by atoms with Gasteiger partial charge in [-0.25, -0.2) is 0 Å². The van der Waals surface area contributed by atoms with Crippen molar-refractivity contribution in [2.45, 2.75) is 243 Å². The van der Waals surface area contributed by atoms with E-state index in [1.165, 1.54) is 109 Å². The molecule has 13 heteroatoms. The Morgan fingerprint density at radius 3 is 1.43 bits per heavy atom. The van der Waals surface area contributed by atoms with E-state index in [1.807, 2.05) is 0 Å². The molecule has 0 aliphatic carbocycles. The number of aliphatic hydroxyl groups is 3. The van der Waals surface area contributed by atoms with Crippen molar-refractivity contribution in [3.05, 3.63) is 12.2 Å². The van der Waals surface area contributed by atoms with Gasteiger partial charge in [0.2, 0.25) is 0 Å². The van der Waals surface area contributed by atoms with Crippen molar-refractivity contribution in [3.8, 4) is 0 Å². The van der Waals surface area contributed by atoms with Crippen molar-refractivity contribution in [2.24, 2.45) is 0 Å². The summed E-state index contributed by atoms with van der Waals surface area (Å²) >= 11 is 0. The van der Waals surface area contributed by atoms with Gasteiger partial charge in [-0.1, -0.05) is 167 Å². The first kappa shape index (κ1) is 54.4. The van der Waals surface area contributed by atoms with E-state index in [2.05, 4.69) is 26.0 Å². The highest BCUT2D eigenvalue weighted by molar-refractivity contribution is 7.85. The molecule has 0 aromatic rings. The van der Waals surface area contributed by atoms with Crippen LogP contribution < -0.4 is 0 Å². The molecule has 4 N–H and O–H groups in total. The largest absolute Gasteiger partial charge is 0.462 e. The first-order valence-corrected chi connectivity index (χ1v) is 24.9. The molecule has 0 radical (unpaired) electrons. The second kappa shape index (κ2) is 36.1. The number of hydrogen-bond acceptors (Lipinski definition) is 11. The molecule has 1 aliphatic rings. The van der Waals surface area contributed by atoms with E-state index in [9.17, 15) is 37.9 Å². The molecule has 0 bridgehead atoms. The molecule has 0 amide bonds. The van der Waals surface area contributed by atoms with Crippen LogP contribution in [0.5, 0.6) is 0 Å². The van der Waals surface area contributed by atoms with Crippen LogP contribution in [0.1, 0.15) is 206 Å². The van der Waals surface area contributed by atoms with Crippen molar-refractivity contribution in [3.63, 3.8) is 0 Å². The molecular formula is C45H84O12S. The Kier molecular flexibility index (Phi) is 33.8. The van der Waals surface area contributed by atoms with E-state index < -0.39 is 71.2 Å². The minimum atomic E-state index is -4.60. The fourth-order valence-corrected chi connectivity index (χ4v) is 7.89. The lowest BCUT2D eigenvalue weighted by Gasteiger charge is -2.40. The third kappa shape index (κ3) is 30.4. The first-order chi connectivity index (χ1) is 28.0. The van der Waals surface area contributed by atoms with Gasteiger partial charge < -0.3 is 34.3 Å². The van der Waals surface area contributed by atoms with Gasteiger partial charge in [0.1, 0.15) is 36.8 Å². The quantitative estimate of drug-likeness (QED) is 0.0199. The number of unbranched alkanes of at least 4 members (excludes halogenated alkanes) is 25. The van der Waals surface area contributed by atoms with E-state index in [0.29, 0.717) is 12.8 Å². The predicted octanol–water partition coefficient (Wildman–Crippen LogP) is 9.45. The summed E-state index contributed by atoms with van der Waals surface area (Å²) in [5, 5.41) is 30.9. The van der Waals surface area contributed by atoms with Crippen LogP contribution in [0.3, 0.4) is 0 Å². The standard InChI is InChI=1S/C45H84O12S/c1-3-5-7-9-11-13-15-17-19-21-23-25-27-29-31-33-40(46)54-35-38(36-55-45-44(50)43(49)42(48)39(57-45)37-58(51,52)53)56-41(47)34-32-30-28-26-24-22-20-18-16-14-12-10-8-6-4-2/h18,20,38-39,42-45,48-50H,3-17,19,21-37H2,1-2H3,(H,51,52,53)/b20-18-. The van der Waals surface area contributed by atoms with Crippen LogP contribution >= 0.6 is 0 Å². The van der Waals surface area contributed by atoms with Crippen molar-refractivity contribution < 1.29 is 56.8 Å². The summed E-state index contributed by atoms with van der Waals surface area (Å²) in [5.74, 6) is -1.98. The zero-order chi connectivity index (χ0) is 42.7. The molecule has 0 aromatic carbocycles. The molecule has 1 aliphatic heterocycles. The first-order valence-electron chi connectivity index (χ1n) is 23.2. The number of carbonyl (C=O) groups excluding carboxylic acids is 2. The molecular weight excluding hydrogens is 765 g/mol. The molecule has 1 heterocycles. The molecule has 58 heavy (non-hydrogen) atoms. The lowest BCUT2D eigenvalue weighted by atomic mass is 10.00. The Morgan fingerprint density at radius 1 is 0.569 bits per heavy atom. The Labute approximate surface area is 352 Å². The summed E-state index contributed by atoms with van der Waals surface area (Å²) in [5.41, 5.74) is 0. The highest BCUT2D eigenvalue weighted by atomic mass is 32.2. The molecule has 342 valence electrons. The summed E-state index contributed by atoms with van der Waals surface area (Å²) in [6.07, 6.45) is 28.2. The second-order valence-electron chi connectivity index (χ2n) is 16.4. The van der Waals surface area contributed by atoms with Crippen LogP contribution in [-0.4, -0.2) is 96.0 Å². The minimum absolute atomic E-state index is 0.158. The Balaban J connectivity index is 2.43. The van der Waals surface area contributed by atoms with Gasteiger partial charge in [0.25, 0.3) is 10.1 Å². The summed E-state index contributed by atoms with van der Waals surface area (Å²) in [7, 11) is -4.60. The summed E-state index contributed by atoms with van der Waals surface area (Å²) < 4.78 is 54.1. The van der Waals surface area contributed by atoms with Crippen molar-refractivity contribution >= 4 is 22.1 Å². The summed E-state index contributed by atoms with van der Waals surface area (Å²) in [6, 6.07) is 0. The van der Waals surface area contributed by atoms with E-state index >= 15 is 0 Å². The molecule has 6 unspecified atom stereocenters. The molecule has 1 saturated heterocycles. The van der Waals surface area contributed by atoms with Gasteiger partial charge in [0.15, 0.2) is 12.4 Å². The van der Waals surface area contributed by atoms with Gasteiger partial charge in [-0.05, 0) is 38.5 Å². The van der Waals surface area contributed by atoms with Crippen LogP contribution in [-0.2, 0) is 38.7 Å². The summed E-state index contributed by atoms with van der Waals surface area (Å²) in [6.45, 7) is 3.76. The normalized spacial score (nSPS) is 20.4. The van der Waals surface area contributed by atoms with Gasteiger partial charge in [-0.15, -0.1) is 0 Å². The lowest BCUT2D eigenvalue weighted by molar-refractivity contribution is -0.297. The topological polar surface area (TPSA) is 186 Å².